The van der Waals surface area contributed by atoms with E-state index in [-0.39, 0.29) is 17.5 Å². The van der Waals surface area contributed by atoms with Crippen LogP contribution in [0.15, 0.2) is 71.6 Å². The first-order valence-corrected chi connectivity index (χ1v) is 10.0. The van der Waals surface area contributed by atoms with Crippen LogP contribution in [0.25, 0.3) is 22.3 Å². The van der Waals surface area contributed by atoms with Gasteiger partial charge < -0.3 is 9.09 Å². The molecule has 7 nitrogen and oxygen atoms in total. The Bertz CT molecular complexity index is 1410. The van der Waals surface area contributed by atoms with Gasteiger partial charge in [-0.2, -0.15) is 15.2 Å². The second-order valence-electron chi connectivity index (χ2n) is 6.81. The number of rotatable bonds is 5. The molecule has 0 atom stereocenters. The fourth-order valence-corrected chi connectivity index (χ4v) is 3.83. The molecule has 0 bridgehead atoms. The van der Waals surface area contributed by atoms with Gasteiger partial charge in [-0.05, 0) is 29.8 Å². The average Bonchev–Trinajstić information content (AvgIpc) is 3.42. The number of benzene rings is 2. The van der Waals surface area contributed by atoms with E-state index in [1.54, 1.807) is 24.4 Å². The zero-order valence-corrected chi connectivity index (χ0v) is 17.4. The standard InChI is InChI=1S/C22H13Cl2N5O2/c23-15-6-5-14(18(24)9-15)11-29-12-17(16-3-1-2-4-19(16)29)20(30)22-27-21(28-31-22)13-7-8-25-26-10-13/h1-10,12H,11H2. The lowest BCUT2D eigenvalue weighted by Crippen LogP contribution is -2.02. The summed E-state index contributed by atoms with van der Waals surface area (Å²) in [5.74, 6) is -0.188. The molecule has 5 aromatic rings. The van der Waals surface area contributed by atoms with Gasteiger partial charge in [0.2, 0.25) is 5.82 Å². The van der Waals surface area contributed by atoms with Gasteiger partial charge in [0.1, 0.15) is 0 Å². The topological polar surface area (TPSA) is 86.7 Å². The molecule has 3 aromatic heterocycles. The molecule has 0 spiro atoms. The summed E-state index contributed by atoms with van der Waals surface area (Å²) in [5, 5.41) is 13.3. The van der Waals surface area contributed by atoms with Crippen LogP contribution in [0.4, 0.5) is 0 Å². The number of ketones is 1. The third-order valence-electron chi connectivity index (χ3n) is 4.85. The van der Waals surface area contributed by atoms with E-state index in [9.17, 15) is 4.79 Å². The normalized spacial score (nSPS) is 11.2. The summed E-state index contributed by atoms with van der Waals surface area (Å²) in [6.07, 6.45) is 4.79. The first kappa shape index (κ1) is 19.4. The molecular weight excluding hydrogens is 437 g/mol. The number of aromatic nitrogens is 5. The Morgan fingerprint density at radius 3 is 2.74 bits per heavy atom. The number of hydrogen-bond donors (Lipinski definition) is 0. The van der Waals surface area contributed by atoms with Crippen molar-refractivity contribution in [2.24, 2.45) is 0 Å². The van der Waals surface area contributed by atoms with Crippen molar-refractivity contribution in [2.75, 3.05) is 0 Å². The molecule has 0 saturated carbocycles. The summed E-state index contributed by atoms with van der Waals surface area (Å²) in [6, 6.07) is 14.7. The van der Waals surface area contributed by atoms with Gasteiger partial charge in [-0.25, -0.2) is 0 Å². The number of fused-ring (bicyclic) bond motifs is 1. The fraction of sp³-hybridized carbons (Fsp3) is 0.0455. The van der Waals surface area contributed by atoms with Gasteiger partial charge in [-0.15, -0.1) is 0 Å². The SMILES string of the molecule is O=C(c1nc(-c2ccnnc2)no1)c1cn(Cc2ccc(Cl)cc2Cl)c2ccccc12. The molecule has 9 heteroatoms. The van der Waals surface area contributed by atoms with Crippen molar-refractivity contribution in [2.45, 2.75) is 6.54 Å². The Morgan fingerprint density at radius 2 is 1.94 bits per heavy atom. The van der Waals surface area contributed by atoms with Crippen LogP contribution in [0.1, 0.15) is 21.8 Å². The second kappa shape index (κ2) is 7.94. The summed E-state index contributed by atoms with van der Waals surface area (Å²) in [6.45, 7) is 0.474. The Kier molecular flexibility index (Phi) is 4.97. The van der Waals surface area contributed by atoms with Crippen molar-refractivity contribution >= 4 is 39.9 Å². The number of carbonyl (C=O) groups is 1. The van der Waals surface area contributed by atoms with Crippen LogP contribution in [0.5, 0.6) is 0 Å². The lowest BCUT2D eigenvalue weighted by Gasteiger charge is -2.08. The van der Waals surface area contributed by atoms with Crippen LogP contribution in [-0.2, 0) is 6.54 Å². The van der Waals surface area contributed by atoms with Gasteiger partial charge in [0.05, 0.1) is 18.0 Å². The monoisotopic (exact) mass is 449 g/mol. The van der Waals surface area contributed by atoms with E-state index in [1.807, 2.05) is 34.9 Å². The molecule has 0 aliphatic heterocycles. The summed E-state index contributed by atoms with van der Waals surface area (Å²) in [7, 11) is 0. The molecule has 5 rings (SSSR count). The smallest absolute Gasteiger partial charge is 0.299 e. The molecule has 0 radical (unpaired) electrons. The predicted molar refractivity (Wildman–Crippen MR) is 116 cm³/mol. The summed E-state index contributed by atoms with van der Waals surface area (Å²) in [4.78, 5) is 17.4. The van der Waals surface area contributed by atoms with Crippen molar-refractivity contribution < 1.29 is 9.32 Å². The van der Waals surface area contributed by atoms with Crippen molar-refractivity contribution in [3.05, 3.63) is 94.2 Å². The molecular formula is C22H13Cl2N5O2. The van der Waals surface area contributed by atoms with E-state index in [4.69, 9.17) is 27.7 Å². The molecule has 152 valence electrons. The highest BCUT2D eigenvalue weighted by Crippen LogP contribution is 2.27. The summed E-state index contributed by atoms with van der Waals surface area (Å²) >= 11 is 12.4. The Morgan fingerprint density at radius 1 is 1.06 bits per heavy atom. The molecule has 31 heavy (non-hydrogen) atoms. The highest BCUT2D eigenvalue weighted by molar-refractivity contribution is 6.35. The van der Waals surface area contributed by atoms with Gasteiger partial charge in [0.25, 0.3) is 11.7 Å². The molecule has 0 saturated heterocycles. The van der Waals surface area contributed by atoms with E-state index in [2.05, 4.69) is 20.3 Å². The molecule has 0 aliphatic rings. The lowest BCUT2D eigenvalue weighted by atomic mass is 10.1. The van der Waals surface area contributed by atoms with Gasteiger partial charge in [-0.1, -0.05) is 52.6 Å². The van der Waals surface area contributed by atoms with Crippen LogP contribution in [0, 0.1) is 0 Å². The lowest BCUT2D eigenvalue weighted by molar-refractivity contribution is 0.0995. The maximum Gasteiger partial charge on any atom is 0.299 e. The number of carbonyl (C=O) groups excluding carboxylic acids is 1. The van der Waals surface area contributed by atoms with Crippen LogP contribution in [0.2, 0.25) is 10.0 Å². The molecule has 3 heterocycles. The Labute approximate surface area is 186 Å². The van der Waals surface area contributed by atoms with Crippen molar-refractivity contribution in [3.8, 4) is 11.4 Å². The minimum atomic E-state index is -0.363. The summed E-state index contributed by atoms with van der Waals surface area (Å²) < 4.78 is 7.20. The molecule has 0 N–H and O–H groups in total. The third-order valence-corrected chi connectivity index (χ3v) is 5.44. The molecule has 0 aliphatic carbocycles. The number of hydrogen-bond acceptors (Lipinski definition) is 6. The van der Waals surface area contributed by atoms with E-state index >= 15 is 0 Å². The maximum atomic E-state index is 13.2. The second-order valence-corrected chi connectivity index (χ2v) is 7.65. The van der Waals surface area contributed by atoms with Crippen LogP contribution < -0.4 is 0 Å². The first-order valence-electron chi connectivity index (χ1n) is 9.27. The maximum absolute atomic E-state index is 13.2. The zero-order chi connectivity index (χ0) is 21.4. The van der Waals surface area contributed by atoms with Gasteiger partial charge in [0, 0.05) is 39.3 Å². The molecule has 0 fully saturated rings. The highest BCUT2D eigenvalue weighted by Gasteiger charge is 2.23. The Hall–Kier alpha value is -3.55. The Balaban J connectivity index is 1.53. The van der Waals surface area contributed by atoms with Crippen LogP contribution in [0.3, 0.4) is 0 Å². The number of para-hydroxylation sites is 1. The van der Waals surface area contributed by atoms with Crippen LogP contribution in [-0.4, -0.2) is 30.7 Å². The highest BCUT2D eigenvalue weighted by atomic mass is 35.5. The van der Waals surface area contributed by atoms with E-state index in [0.717, 1.165) is 16.5 Å². The third kappa shape index (κ3) is 3.69. The van der Waals surface area contributed by atoms with Crippen molar-refractivity contribution in [3.63, 3.8) is 0 Å². The quantitative estimate of drug-likeness (QED) is 0.348. The first-order chi connectivity index (χ1) is 15.1. The minimum absolute atomic E-state index is 0.0979. The van der Waals surface area contributed by atoms with E-state index < -0.39 is 0 Å². The predicted octanol–water partition coefficient (Wildman–Crippen LogP) is 5.07. The van der Waals surface area contributed by atoms with E-state index in [1.165, 1.54) is 12.4 Å². The van der Waals surface area contributed by atoms with E-state index in [0.29, 0.717) is 27.7 Å². The fourth-order valence-electron chi connectivity index (χ4n) is 3.36. The largest absolute Gasteiger partial charge is 0.342 e. The number of nitrogens with zero attached hydrogens (tertiary/aromatic N) is 5. The molecule has 0 unspecified atom stereocenters. The van der Waals surface area contributed by atoms with Gasteiger partial charge >= 0.3 is 0 Å². The molecule has 0 amide bonds. The summed E-state index contributed by atoms with van der Waals surface area (Å²) in [5.41, 5.74) is 2.84. The van der Waals surface area contributed by atoms with Gasteiger partial charge in [-0.3, -0.25) is 4.79 Å². The van der Waals surface area contributed by atoms with Crippen molar-refractivity contribution in [1.29, 1.82) is 0 Å². The average molecular weight is 450 g/mol. The number of halogens is 2. The molecule has 2 aromatic carbocycles. The minimum Gasteiger partial charge on any atom is -0.342 e. The van der Waals surface area contributed by atoms with Crippen LogP contribution >= 0.6 is 23.2 Å². The van der Waals surface area contributed by atoms with Crippen molar-refractivity contribution in [1.82, 2.24) is 24.9 Å². The zero-order valence-electron chi connectivity index (χ0n) is 15.9. The van der Waals surface area contributed by atoms with Gasteiger partial charge in [0.15, 0.2) is 0 Å².